The van der Waals surface area contributed by atoms with Crippen LogP contribution < -0.4 is 5.32 Å². The van der Waals surface area contributed by atoms with Gasteiger partial charge in [-0.25, -0.2) is 4.79 Å². The van der Waals surface area contributed by atoms with Crippen molar-refractivity contribution in [2.45, 2.75) is 4.34 Å². The molecule has 0 spiro atoms. The van der Waals surface area contributed by atoms with Gasteiger partial charge in [-0.3, -0.25) is 9.53 Å². The van der Waals surface area contributed by atoms with Gasteiger partial charge in [0.1, 0.15) is 0 Å². The summed E-state index contributed by atoms with van der Waals surface area (Å²) in [5.74, 6) is 0. The number of anilines is 1. The van der Waals surface area contributed by atoms with Gasteiger partial charge in [-0.1, -0.05) is 11.3 Å². The third kappa shape index (κ3) is 2.74. The first-order chi connectivity index (χ1) is 6.50. The number of rotatable bonds is 2. The van der Waals surface area contributed by atoms with E-state index in [9.17, 15) is 9.00 Å². The van der Waals surface area contributed by atoms with Crippen molar-refractivity contribution in [3.63, 3.8) is 0 Å². The van der Waals surface area contributed by atoms with Gasteiger partial charge in [-0.2, -0.15) is 0 Å². The highest BCUT2D eigenvalue weighted by Gasteiger charge is 2.10. The lowest BCUT2D eigenvalue weighted by atomic mass is 10.8. The maximum Gasteiger partial charge on any atom is 0.323 e. The zero-order valence-corrected chi connectivity index (χ0v) is 9.61. The van der Waals surface area contributed by atoms with Gasteiger partial charge in [0.25, 0.3) is 0 Å². The summed E-state index contributed by atoms with van der Waals surface area (Å²) in [5.41, 5.74) is 0. The third-order valence-corrected chi connectivity index (χ3v) is 3.43. The number of carbonyl (C=O) groups excluding carboxylic acids is 1. The van der Waals surface area contributed by atoms with E-state index in [1.54, 1.807) is 14.1 Å². The quantitative estimate of drug-likeness (QED) is 0.750. The zero-order chi connectivity index (χ0) is 10.7. The van der Waals surface area contributed by atoms with E-state index in [1.807, 2.05) is 0 Å². The SMILES string of the molecule is CN(C)C(=O)Nc1nnc(S(C)=O)s1. The van der Waals surface area contributed by atoms with Gasteiger partial charge in [0.15, 0.2) is 0 Å². The Morgan fingerprint density at radius 2 is 2.14 bits per heavy atom. The Bertz CT molecular complexity index is 362. The fraction of sp³-hybridized carbons (Fsp3) is 0.500. The second-order valence-corrected chi connectivity index (χ2v) is 5.18. The van der Waals surface area contributed by atoms with Crippen molar-refractivity contribution in [1.29, 1.82) is 0 Å². The third-order valence-electron chi connectivity index (χ3n) is 1.27. The molecule has 0 radical (unpaired) electrons. The van der Waals surface area contributed by atoms with Crippen LogP contribution in [0.3, 0.4) is 0 Å². The molecule has 0 saturated heterocycles. The summed E-state index contributed by atoms with van der Waals surface area (Å²) in [6, 6.07) is -0.283. The summed E-state index contributed by atoms with van der Waals surface area (Å²) < 4.78 is 11.4. The molecule has 0 bridgehead atoms. The Hall–Kier alpha value is -1.02. The van der Waals surface area contributed by atoms with Crippen LogP contribution in [0.4, 0.5) is 9.93 Å². The van der Waals surface area contributed by atoms with Crippen LogP contribution in [-0.4, -0.2) is 45.7 Å². The van der Waals surface area contributed by atoms with E-state index in [0.29, 0.717) is 9.47 Å². The molecule has 0 fully saturated rings. The van der Waals surface area contributed by atoms with Gasteiger partial charge in [0.2, 0.25) is 9.47 Å². The number of amides is 2. The molecule has 1 aromatic heterocycles. The van der Waals surface area contributed by atoms with E-state index < -0.39 is 10.8 Å². The number of nitrogens with one attached hydrogen (secondary N) is 1. The van der Waals surface area contributed by atoms with Gasteiger partial charge in [-0.15, -0.1) is 10.2 Å². The van der Waals surface area contributed by atoms with Crippen molar-refractivity contribution < 1.29 is 9.00 Å². The number of carbonyl (C=O) groups is 1. The summed E-state index contributed by atoms with van der Waals surface area (Å²) in [6.45, 7) is 0. The molecule has 2 amide bonds. The fourth-order valence-electron chi connectivity index (χ4n) is 0.580. The fourth-order valence-corrected chi connectivity index (χ4v) is 1.91. The molecular weight excluding hydrogens is 224 g/mol. The van der Waals surface area contributed by atoms with Crippen molar-refractivity contribution in [2.24, 2.45) is 0 Å². The lowest BCUT2D eigenvalue weighted by molar-refractivity contribution is 0.230. The molecule has 1 N–H and O–H groups in total. The van der Waals surface area contributed by atoms with E-state index in [0.717, 1.165) is 11.3 Å². The van der Waals surface area contributed by atoms with Gasteiger partial charge in [0.05, 0.1) is 10.8 Å². The zero-order valence-electron chi connectivity index (χ0n) is 7.97. The minimum absolute atomic E-state index is 0.283. The number of aromatic nitrogens is 2. The van der Waals surface area contributed by atoms with E-state index in [4.69, 9.17) is 0 Å². The predicted octanol–water partition coefficient (Wildman–Crippen LogP) is 0.369. The highest BCUT2D eigenvalue weighted by atomic mass is 32.2. The number of hydrogen-bond acceptors (Lipinski definition) is 5. The summed E-state index contributed by atoms with van der Waals surface area (Å²) >= 11 is 1.11. The van der Waals surface area contributed by atoms with Crippen molar-refractivity contribution in [2.75, 3.05) is 25.7 Å². The normalized spacial score (nSPS) is 12.2. The van der Waals surface area contributed by atoms with Crippen LogP contribution in [0.15, 0.2) is 4.34 Å². The Kier molecular flexibility index (Phi) is 3.53. The maximum absolute atomic E-state index is 11.2. The first-order valence-electron chi connectivity index (χ1n) is 3.66. The molecular formula is C6H10N4O2S2. The molecule has 14 heavy (non-hydrogen) atoms. The van der Waals surface area contributed by atoms with Crippen molar-refractivity contribution in [3.8, 4) is 0 Å². The van der Waals surface area contributed by atoms with Crippen LogP contribution in [0, 0.1) is 0 Å². The van der Waals surface area contributed by atoms with E-state index >= 15 is 0 Å². The van der Waals surface area contributed by atoms with Crippen LogP contribution in [-0.2, 0) is 10.8 Å². The smallest absolute Gasteiger partial charge is 0.323 e. The van der Waals surface area contributed by atoms with Gasteiger partial charge in [0, 0.05) is 20.4 Å². The van der Waals surface area contributed by atoms with Crippen LogP contribution in [0.5, 0.6) is 0 Å². The second kappa shape index (κ2) is 4.47. The standard InChI is InChI=1S/C6H10N4O2S2/c1-10(2)5(11)7-4-8-9-6(13-4)14(3)12/h1-3H3,(H,7,8,11). The predicted molar refractivity (Wildman–Crippen MR) is 54.9 cm³/mol. The topological polar surface area (TPSA) is 75.2 Å². The van der Waals surface area contributed by atoms with Crippen molar-refractivity contribution in [3.05, 3.63) is 0 Å². The van der Waals surface area contributed by atoms with Crippen LogP contribution >= 0.6 is 11.3 Å². The number of hydrogen-bond donors (Lipinski definition) is 1. The van der Waals surface area contributed by atoms with Gasteiger partial charge in [-0.05, 0) is 0 Å². The molecule has 0 aliphatic carbocycles. The Morgan fingerprint density at radius 1 is 1.50 bits per heavy atom. The number of nitrogens with zero attached hydrogens (tertiary/aromatic N) is 3. The van der Waals surface area contributed by atoms with Crippen LogP contribution in [0.2, 0.25) is 0 Å². The molecule has 0 aliphatic rings. The molecule has 6 nitrogen and oxygen atoms in total. The summed E-state index contributed by atoms with van der Waals surface area (Å²) in [4.78, 5) is 12.5. The molecule has 0 saturated carbocycles. The average molecular weight is 234 g/mol. The Labute approximate surface area is 87.8 Å². The van der Waals surface area contributed by atoms with Crippen LogP contribution in [0.1, 0.15) is 0 Å². The van der Waals surface area contributed by atoms with E-state index in [-0.39, 0.29) is 6.03 Å². The maximum atomic E-state index is 11.2. The minimum atomic E-state index is -1.15. The largest absolute Gasteiger partial charge is 0.331 e. The Morgan fingerprint density at radius 3 is 2.57 bits per heavy atom. The lowest BCUT2D eigenvalue weighted by Gasteiger charge is -2.08. The summed E-state index contributed by atoms with van der Waals surface area (Å²) in [6.07, 6.45) is 1.51. The first-order valence-corrected chi connectivity index (χ1v) is 6.03. The highest BCUT2D eigenvalue weighted by molar-refractivity contribution is 7.86. The van der Waals surface area contributed by atoms with Crippen LogP contribution in [0.25, 0.3) is 0 Å². The molecule has 0 aliphatic heterocycles. The van der Waals surface area contributed by atoms with E-state index in [2.05, 4.69) is 15.5 Å². The minimum Gasteiger partial charge on any atom is -0.331 e. The van der Waals surface area contributed by atoms with Gasteiger partial charge < -0.3 is 4.90 Å². The van der Waals surface area contributed by atoms with Crippen molar-refractivity contribution >= 4 is 33.3 Å². The second-order valence-electron chi connectivity index (χ2n) is 2.65. The van der Waals surface area contributed by atoms with Gasteiger partial charge >= 0.3 is 6.03 Å². The lowest BCUT2D eigenvalue weighted by Crippen LogP contribution is -2.27. The molecule has 1 unspecified atom stereocenters. The van der Waals surface area contributed by atoms with E-state index in [1.165, 1.54) is 11.2 Å². The molecule has 1 rings (SSSR count). The Balaban J connectivity index is 2.69. The highest BCUT2D eigenvalue weighted by Crippen LogP contribution is 2.17. The summed E-state index contributed by atoms with van der Waals surface area (Å²) in [7, 11) is 2.09. The summed E-state index contributed by atoms with van der Waals surface area (Å²) in [5, 5.41) is 10.2. The van der Waals surface area contributed by atoms with Crippen molar-refractivity contribution in [1.82, 2.24) is 15.1 Å². The molecule has 1 aromatic rings. The molecule has 0 aromatic carbocycles. The molecule has 78 valence electrons. The monoisotopic (exact) mass is 234 g/mol. The first kappa shape index (κ1) is 11.1. The molecule has 8 heteroatoms. The molecule has 1 heterocycles. The number of urea groups is 1. The average Bonchev–Trinajstić information content (AvgIpc) is 2.52. The molecule has 1 atom stereocenters.